The lowest BCUT2D eigenvalue weighted by molar-refractivity contribution is 0.0998. The van der Waals surface area contributed by atoms with E-state index in [-0.39, 0.29) is 0 Å². The zero-order valence-corrected chi connectivity index (χ0v) is 18.1. The van der Waals surface area contributed by atoms with Crippen molar-refractivity contribution in [2.24, 2.45) is 10.7 Å². The van der Waals surface area contributed by atoms with Gasteiger partial charge in [0.1, 0.15) is 0 Å². The molecule has 0 bridgehead atoms. The van der Waals surface area contributed by atoms with E-state index >= 15 is 0 Å². The Morgan fingerprint density at radius 3 is 2.83 bits per heavy atom. The summed E-state index contributed by atoms with van der Waals surface area (Å²) in [7, 11) is 0. The number of guanidine groups is 1. The summed E-state index contributed by atoms with van der Waals surface area (Å²) >= 11 is 6.42. The number of primary amides is 1. The van der Waals surface area contributed by atoms with Crippen molar-refractivity contribution in [2.75, 3.05) is 43.1 Å². The van der Waals surface area contributed by atoms with Crippen LogP contribution in [0.1, 0.15) is 30.6 Å². The molecule has 7 nitrogen and oxygen atoms in total. The van der Waals surface area contributed by atoms with Crippen molar-refractivity contribution >= 4 is 34.8 Å². The molecule has 1 amide bonds. The fourth-order valence-corrected chi connectivity index (χ4v) is 3.72. The summed E-state index contributed by atoms with van der Waals surface area (Å²) in [6, 6.07) is 5.59. The molecule has 0 atom stereocenters. The molecule has 2 aliphatic heterocycles. The molecule has 0 aromatic heterocycles. The first-order chi connectivity index (χ1) is 14.5. The number of anilines is 2. The van der Waals surface area contributed by atoms with E-state index < -0.39 is 5.91 Å². The topological polar surface area (TPSA) is 92.0 Å². The van der Waals surface area contributed by atoms with Crippen molar-refractivity contribution in [2.45, 2.75) is 20.3 Å². The minimum absolute atomic E-state index is 0.457. The van der Waals surface area contributed by atoms with E-state index in [2.05, 4.69) is 20.5 Å². The van der Waals surface area contributed by atoms with Crippen LogP contribution >= 0.6 is 11.6 Å². The first-order valence-electron chi connectivity index (χ1n) is 10.1. The molecule has 0 aliphatic carbocycles. The van der Waals surface area contributed by atoms with E-state index in [0.29, 0.717) is 36.3 Å². The second-order valence-electron chi connectivity index (χ2n) is 6.96. The highest BCUT2D eigenvalue weighted by Crippen LogP contribution is 2.26. The fourth-order valence-electron chi connectivity index (χ4n) is 3.40. The Morgan fingerprint density at radius 2 is 2.17 bits per heavy atom. The minimum Gasteiger partial charge on any atom is -0.378 e. The van der Waals surface area contributed by atoms with Gasteiger partial charge in [-0.25, -0.2) is 4.99 Å². The fraction of sp³-hybridized carbons (Fsp3) is 0.364. The number of nitrogens with zero attached hydrogens (tertiary/aromatic N) is 2. The highest BCUT2D eigenvalue weighted by molar-refractivity contribution is 6.32. The maximum absolute atomic E-state index is 12.1. The number of hydrogen-bond donors (Lipinski definition) is 3. The van der Waals surface area contributed by atoms with Gasteiger partial charge in [0.25, 0.3) is 5.91 Å². The molecule has 1 aromatic rings. The van der Waals surface area contributed by atoms with E-state index in [1.165, 1.54) is 0 Å². The third-order valence-corrected chi connectivity index (χ3v) is 5.24. The SMILES string of the molecule is C/C=C\C1=C(C(/Cl)=C/CC)CN=C(Nc2ccc(N3CCOCC3)c(C(N)=O)c2)N1. The molecule has 0 radical (unpaired) electrons. The Kier molecular flexibility index (Phi) is 7.54. The molecule has 160 valence electrons. The first kappa shape index (κ1) is 21.9. The van der Waals surface area contributed by atoms with Crippen LogP contribution in [0.2, 0.25) is 0 Å². The molecular formula is C22H28ClN5O2. The molecule has 3 rings (SSSR count). The number of halogens is 1. The van der Waals surface area contributed by atoms with Gasteiger partial charge in [0.05, 0.1) is 25.3 Å². The molecule has 8 heteroatoms. The highest BCUT2D eigenvalue weighted by Gasteiger charge is 2.19. The van der Waals surface area contributed by atoms with E-state index in [1.807, 2.05) is 44.2 Å². The smallest absolute Gasteiger partial charge is 0.250 e. The van der Waals surface area contributed by atoms with Gasteiger partial charge in [-0.05, 0) is 37.6 Å². The van der Waals surface area contributed by atoms with Crippen molar-refractivity contribution in [3.8, 4) is 0 Å². The predicted octanol–water partition coefficient (Wildman–Crippen LogP) is 3.36. The predicted molar refractivity (Wildman–Crippen MR) is 123 cm³/mol. The molecule has 0 spiro atoms. The Labute approximate surface area is 182 Å². The summed E-state index contributed by atoms with van der Waals surface area (Å²) in [6.07, 6.45) is 6.74. The number of nitrogens with one attached hydrogen (secondary N) is 2. The van der Waals surface area contributed by atoms with Crippen LogP contribution < -0.4 is 21.3 Å². The summed E-state index contributed by atoms with van der Waals surface area (Å²) in [5, 5.41) is 7.23. The van der Waals surface area contributed by atoms with Gasteiger partial charge in [-0.15, -0.1) is 0 Å². The van der Waals surface area contributed by atoms with Gasteiger partial charge in [0.15, 0.2) is 0 Å². The van der Waals surface area contributed by atoms with Gasteiger partial charge in [0.2, 0.25) is 5.96 Å². The lowest BCUT2D eigenvalue weighted by atomic mass is 10.1. The van der Waals surface area contributed by atoms with Gasteiger partial charge < -0.3 is 26.0 Å². The summed E-state index contributed by atoms with van der Waals surface area (Å²) < 4.78 is 5.40. The molecule has 1 saturated heterocycles. The number of carbonyl (C=O) groups excluding carboxylic acids is 1. The molecule has 2 heterocycles. The number of allylic oxidation sites excluding steroid dienone is 3. The molecule has 4 N–H and O–H groups in total. The molecular weight excluding hydrogens is 402 g/mol. The number of aliphatic imine (C=N–C) groups is 1. The highest BCUT2D eigenvalue weighted by atomic mass is 35.5. The third-order valence-electron chi connectivity index (χ3n) is 4.85. The summed E-state index contributed by atoms with van der Waals surface area (Å²) in [5.41, 5.74) is 9.52. The normalized spacial score (nSPS) is 17.8. The Bertz CT molecular complexity index is 914. The largest absolute Gasteiger partial charge is 0.378 e. The standard InChI is InChI=1S/C22H28ClN5O2/c1-3-5-18(23)17-14-25-22(27-19(17)6-4-2)26-15-7-8-20(16(13-15)21(24)29)28-9-11-30-12-10-28/h4-8,13H,3,9-12,14H2,1-2H3,(H2,24,29)(H2,25,26,27)/b6-4-,18-5-. The van der Waals surface area contributed by atoms with Gasteiger partial charge in [-0.3, -0.25) is 4.79 Å². The van der Waals surface area contributed by atoms with Crippen LogP contribution in [0.4, 0.5) is 11.4 Å². The van der Waals surface area contributed by atoms with Crippen LogP contribution in [-0.4, -0.2) is 44.7 Å². The first-order valence-corrected chi connectivity index (χ1v) is 10.5. The molecule has 30 heavy (non-hydrogen) atoms. The maximum Gasteiger partial charge on any atom is 0.250 e. The van der Waals surface area contributed by atoms with Crippen LogP contribution in [0.5, 0.6) is 0 Å². The van der Waals surface area contributed by atoms with Crippen molar-refractivity contribution in [3.63, 3.8) is 0 Å². The zero-order chi connectivity index (χ0) is 21.5. The van der Waals surface area contributed by atoms with Crippen molar-refractivity contribution in [3.05, 3.63) is 58.3 Å². The number of nitrogens with two attached hydrogens (primary N) is 1. The second kappa shape index (κ2) is 10.3. The quantitative estimate of drug-likeness (QED) is 0.644. The lowest BCUT2D eigenvalue weighted by Crippen LogP contribution is -2.37. The van der Waals surface area contributed by atoms with Crippen LogP contribution in [0.25, 0.3) is 0 Å². The Balaban J connectivity index is 1.80. The zero-order valence-electron chi connectivity index (χ0n) is 17.4. The summed E-state index contributed by atoms with van der Waals surface area (Å²) in [6.45, 7) is 7.18. The number of morpholine rings is 1. The number of ether oxygens (including phenoxy) is 1. The number of carbonyl (C=O) groups is 1. The van der Waals surface area contributed by atoms with Gasteiger partial charge >= 0.3 is 0 Å². The number of amides is 1. The van der Waals surface area contributed by atoms with Gasteiger partial charge in [0, 0.05) is 40.8 Å². The minimum atomic E-state index is -0.466. The Hall–Kier alpha value is -2.77. The average molecular weight is 430 g/mol. The number of benzene rings is 1. The molecule has 1 fully saturated rings. The van der Waals surface area contributed by atoms with E-state index in [4.69, 9.17) is 22.1 Å². The number of hydrogen-bond acceptors (Lipinski definition) is 6. The molecule has 0 unspecified atom stereocenters. The van der Waals surface area contributed by atoms with E-state index in [1.54, 1.807) is 6.07 Å². The second-order valence-corrected chi connectivity index (χ2v) is 7.37. The summed E-state index contributed by atoms with van der Waals surface area (Å²) in [5.74, 6) is 0.120. The monoisotopic (exact) mass is 429 g/mol. The van der Waals surface area contributed by atoms with Crippen LogP contribution in [0, 0.1) is 0 Å². The molecule has 1 aromatic carbocycles. The summed E-state index contributed by atoms with van der Waals surface area (Å²) in [4.78, 5) is 18.8. The average Bonchev–Trinajstić information content (AvgIpc) is 2.75. The van der Waals surface area contributed by atoms with E-state index in [0.717, 1.165) is 42.2 Å². The third kappa shape index (κ3) is 5.23. The van der Waals surface area contributed by atoms with E-state index in [9.17, 15) is 4.79 Å². The number of rotatable bonds is 6. The lowest BCUT2D eigenvalue weighted by Gasteiger charge is -2.30. The Morgan fingerprint density at radius 1 is 1.40 bits per heavy atom. The maximum atomic E-state index is 12.1. The van der Waals surface area contributed by atoms with Gasteiger partial charge in [-0.2, -0.15) is 0 Å². The van der Waals surface area contributed by atoms with Crippen molar-refractivity contribution in [1.29, 1.82) is 0 Å². The van der Waals surface area contributed by atoms with Gasteiger partial charge in [-0.1, -0.05) is 30.7 Å². The molecule has 0 saturated carbocycles. The van der Waals surface area contributed by atoms with Crippen LogP contribution in [0.15, 0.2) is 57.7 Å². The van der Waals surface area contributed by atoms with Crippen LogP contribution in [-0.2, 0) is 4.74 Å². The van der Waals surface area contributed by atoms with Crippen molar-refractivity contribution in [1.82, 2.24) is 5.32 Å². The van der Waals surface area contributed by atoms with Crippen molar-refractivity contribution < 1.29 is 9.53 Å². The molecule has 2 aliphatic rings. The van der Waals surface area contributed by atoms with Crippen LogP contribution in [0.3, 0.4) is 0 Å².